The molecule has 1 aliphatic carbocycles. The lowest BCUT2D eigenvalue weighted by molar-refractivity contribution is -0.139. The highest BCUT2D eigenvalue weighted by Gasteiger charge is 2.62. The van der Waals surface area contributed by atoms with E-state index in [2.05, 4.69) is 13.8 Å². The molecule has 1 aromatic rings. The number of carbonyl (C=O) groups is 1. The maximum atomic E-state index is 11.2. The maximum Gasteiger partial charge on any atom is 0.307 e. The molecule has 92 valence electrons. The first-order valence-corrected chi connectivity index (χ1v) is 5.90. The SMILES string of the molecule is COc1ccccc1C1(C(C)C)CC1C(=O)O. The fourth-order valence-corrected chi connectivity index (χ4v) is 2.86. The monoisotopic (exact) mass is 234 g/mol. The highest BCUT2D eigenvalue weighted by atomic mass is 16.5. The van der Waals surface area contributed by atoms with Gasteiger partial charge in [0.1, 0.15) is 5.75 Å². The average Bonchev–Trinajstić information content (AvgIpc) is 3.05. The van der Waals surface area contributed by atoms with E-state index < -0.39 is 5.97 Å². The first-order valence-electron chi connectivity index (χ1n) is 5.90. The van der Waals surface area contributed by atoms with Crippen molar-refractivity contribution in [3.8, 4) is 5.75 Å². The molecule has 2 atom stereocenters. The molecule has 0 radical (unpaired) electrons. The summed E-state index contributed by atoms with van der Waals surface area (Å²) in [5, 5.41) is 9.22. The summed E-state index contributed by atoms with van der Waals surface area (Å²) in [7, 11) is 1.63. The Morgan fingerprint density at radius 3 is 2.59 bits per heavy atom. The van der Waals surface area contributed by atoms with Gasteiger partial charge in [0.2, 0.25) is 0 Å². The Hall–Kier alpha value is -1.51. The van der Waals surface area contributed by atoms with Crippen molar-refractivity contribution in [1.29, 1.82) is 0 Å². The van der Waals surface area contributed by atoms with Crippen molar-refractivity contribution < 1.29 is 14.6 Å². The number of carboxylic acids is 1. The minimum absolute atomic E-state index is 0.252. The lowest BCUT2D eigenvalue weighted by atomic mass is 9.82. The molecule has 1 aromatic carbocycles. The van der Waals surface area contributed by atoms with Gasteiger partial charge in [-0.15, -0.1) is 0 Å². The molecule has 0 aliphatic heterocycles. The van der Waals surface area contributed by atoms with Crippen LogP contribution >= 0.6 is 0 Å². The second kappa shape index (κ2) is 4.06. The van der Waals surface area contributed by atoms with E-state index in [1.165, 1.54) is 0 Å². The Morgan fingerprint density at radius 1 is 1.47 bits per heavy atom. The molecule has 3 nitrogen and oxygen atoms in total. The van der Waals surface area contributed by atoms with Crippen LogP contribution in [0, 0.1) is 11.8 Å². The number of hydrogen-bond donors (Lipinski definition) is 1. The molecule has 0 amide bonds. The van der Waals surface area contributed by atoms with Crippen LogP contribution in [0.4, 0.5) is 0 Å². The number of rotatable bonds is 4. The zero-order valence-corrected chi connectivity index (χ0v) is 10.4. The van der Waals surface area contributed by atoms with Crippen LogP contribution < -0.4 is 4.74 Å². The molecule has 1 N–H and O–H groups in total. The predicted octanol–water partition coefficient (Wildman–Crippen LogP) is 2.69. The Kier molecular flexibility index (Phi) is 2.86. The van der Waals surface area contributed by atoms with Crippen LogP contribution in [0.15, 0.2) is 24.3 Å². The van der Waals surface area contributed by atoms with Gasteiger partial charge in [0.05, 0.1) is 13.0 Å². The fourth-order valence-electron chi connectivity index (χ4n) is 2.86. The molecule has 17 heavy (non-hydrogen) atoms. The molecule has 0 spiro atoms. The highest BCUT2D eigenvalue weighted by molar-refractivity contribution is 5.78. The van der Waals surface area contributed by atoms with Crippen molar-refractivity contribution >= 4 is 5.97 Å². The van der Waals surface area contributed by atoms with Crippen LogP contribution in [0.3, 0.4) is 0 Å². The first kappa shape index (κ1) is 12.0. The van der Waals surface area contributed by atoms with Crippen molar-refractivity contribution in [3.05, 3.63) is 29.8 Å². The average molecular weight is 234 g/mol. The molecule has 1 aliphatic rings. The third-order valence-electron chi connectivity index (χ3n) is 3.94. The number of methoxy groups -OCH3 is 1. The largest absolute Gasteiger partial charge is 0.496 e. The van der Waals surface area contributed by atoms with Gasteiger partial charge in [-0.25, -0.2) is 0 Å². The van der Waals surface area contributed by atoms with Crippen molar-refractivity contribution in [3.63, 3.8) is 0 Å². The van der Waals surface area contributed by atoms with E-state index in [-0.39, 0.29) is 11.3 Å². The number of hydrogen-bond acceptors (Lipinski definition) is 2. The van der Waals surface area contributed by atoms with E-state index in [9.17, 15) is 9.90 Å². The van der Waals surface area contributed by atoms with E-state index >= 15 is 0 Å². The molecule has 2 rings (SSSR count). The van der Waals surface area contributed by atoms with Crippen molar-refractivity contribution in [1.82, 2.24) is 0 Å². The van der Waals surface area contributed by atoms with E-state index in [4.69, 9.17) is 4.74 Å². The van der Waals surface area contributed by atoms with Crippen LogP contribution in [0.5, 0.6) is 5.75 Å². The Labute approximate surface area is 101 Å². The summed E-state index contributed by atoms with van der Waals surface area (Å²) < 4.78 is 5.36. The van der Waals surface area contributed by atoms with Gasteiger partial charge in [0, 0.05) is 11.0 Å². The lowest BCUT2D eigenvalue weighted by Gasteiger charge is -2.23. The van der Waals surface area contributed by atoms with Crippen molar-refractivity contribution in [2.75, 3.05) is 7.11 Å². The molecule has 2 unspecified atom stereocenters. The van der Waals surface area contributed by atoms with Crippen LogP contribution in [0.25, 0.3) is 0 Å². The summed E-state index contributed by atoms with van der Waals surface area (Å²) >= 11 is 0. The fraction of sp³-hybridized carbons (Fsp3) is 0.500. The van der Waals surface area contributed by atoms with Gasteiger partial charge in [0.25, 0.3) is 0 Å². The molecular formula is C14H18O3. The second-order valence-corrected chi connectivity index (χ2v) is 4.99. The summed E-state index contributed by atoms with van der Waals surface area (Å²) in [6.45, 7) is 4.16. The zero-order valence-electron chi connectivity index (χ0n) is 10.4. The van der Waals surface area contributed by atoms with E-state index in [1.807, 2.05) is 24.3 Å². The van der Waals surface area contributed by atoms with Gasteiger partial charge in [0.15, 0.2) is 0 Å². The summed E-state index contributed by atoms with van der Waals surface area (Å²) in [6.07, 6.45) is 0.709. The van der Waals surface area contributed by atoms with Gasteiger partial charge in [-0.05, 0) is 18.4 Å². The molecule has 1 saturated carbocycles. The summed E-state index contributed by atoms with van der Waals surface area (Å²) in [5.74, 6) is 0.105. The molecular weight excluding hydrogens is 216 g/mol. The molecule has 0 heterocycles. The quantitative estimate of drug-likeness (QED) is 0.871. The summed E-state index contributed by atoms with van der Waals surface area (Å²) in [5.41, 5.74) is 0.781. The van der Waals surface area contributed by atoms with E-state index in [1.54, 1.807) is 7.11 Å². The number of benzene rings is 1. The minimum atomic E-state index is -0.704. The van der Waals surface area contributed by atoms with Crippen LogP contribution in [0.2, 0.25) is 0 Å². The second-order valence-electron chi connectivity index (χ2n) is 4.99. The van der Waals surface area contributed by atoms with Crippen molar-refractivity contribution in [2.45, 2.75) is 25.7 Å². The van der Waals surface area contributed by atoms with Crippen LogP contribution in [0.1, 0.15) is 25.8 Å². The Morgan fingerprint density at radius 2 is 2.12 bits per heavy atom. The standard InChI is InChI=1S/C14H18O3/c1-9(2)14(8-11(14)13(15)16)10-6-4-5-7-12(10)17-3/h4-7,9,11H,8H2,1-3H3,(H,15,16). The number of carboxylic acid groups (broad SMARTS) is 1. The zero-order chi connectivity index (χ0) is 12.6. The summed E-state index contributed by atoms with van der Waals surface area (Å²) in [6, 6.07) is 7.74. The van der Waals surface area contributed by atoms with E-state index in [0.717, 1.165) is 11.3 Å². The van der Waals surface area contributed by atoms with Crippen LogP contribution in [-0.4, -0.2) is 18.2 Å². The van der Waals surface area contributed by atoms with E-state index in [0.29, 0.717) is 12.3 Å². The van der Waals surface area contributed by atoms with Gasteiger partial charge < -0.3 is 9.84 Å². The Bertz CT molecular complexity index is 439. The third-order valence-corrected chi connectivity index (χ3v) is 3.94. The molecule has 0 bridgehead atoms. The normalized spacial score (nSPS) is 26.9. The third kappa shape index (κ3) is 1.70. The number of aliphatic carboxylic acids is 1. The topological polar surface area (TPSA) is 46.5 Å². The Balaban J connectivity index is 2.46. The molecule has 1 fully saturated rings. The summed E-state index contributed by atoms with van der Waals surface area (Å²) in [4.78, 5) is 11.2. The maximum absolute atomic E-state index is 11.2. The minimum Gasteiger partial charge on any atom is -0.496 e. The van der Waals surface area contributed by atoms with Gasteiger partial charge in [-0.1, -0.05) is 32.0 Å². The molecule has 3 heteroatoms. The molecule has 0 saturated heterocycles. The van der Waals surface area contributed by atoms with Gasteiger partial charge in [-0.2, -0.15) is 0 Å². The van der Waals surface area contributed by atoms with Crippen molar-refractivity contribution in [2.24, 2.45) is 11.8 Å². The first-order chi connectivity index (χ1) is 8.04. The lowest BCUT2D eigenvalue weighted by Crippen LogP contribution is -2.22. The van der Waals surface area contributed by atoms with Gasteiger partial charge in [-0.3, -0.25) is 4.79 Å². The van der Waals surface area contributed by atoms with Gasteiger partial charge >= 0.3 is 5.97 Å². The number of ether oxygens (including phenoxy) is 1. The highest BCUT2D eigenvalue weighted by Crippen LogP contribution is 2.61. The predicted molar refractivity (Wildman–Crippen MR) is 65.3 cm³/mol. The molecule has 0 aromatic heterocycles. The smallest absolute Gasteiger partial charge is 0.307 e. The van der Waals surface area contributed by atoms with Crippen LogP contribution in [-0.2, 0) is 10.2 Å². The number of para-hydroxylation sites is 1.